The highest BCUT2D eigenvalue weighted by Gasteiger charge is 2.31. The summed E-state index contributed by atoms with van der Waals surface area (Å²) in [4.78, 5) is 25.3. The zero-order chi connectivity index (χ0) is 13.4. The van der Waals surface area contributed by atoms with E-state index in [0.717, 1.165) is 30.4 Å². The highest BCUT2D eigenvalue weighted by molar-refractivity contribution is 5.90. The lowest BCUT2D eigenvalue weighted by Gasteiger charge is -2.35. The molecular weight excluding hydrogens is 242 g/mol. The number of rotatable bonds is 2. The molecule has 0 aromatic heterocycles. The molecule has 1 aromatic carbocycles. The van der Waals surface area contributed by atoms with Crippen molar-refractivity contribution in [2.75, 3.05) is 6.54 Å². The molecule has 1 aliphatic carbocycles. The molecule has 0 unspecified atom stereocenters. The third kappa shape index (κ3) is 2.11. The fourth-order valence-electron chi connectivity index (χ4n) is 2.91. The summed E-state index contributed by atoms with van der Waals surface area (Å²) in [7, 11) is 0. The standard InChI is InChI=1S/C15H17NO3/c17-14(10-3-1-4-10)16-8-7-12-11(9-16)5-2-6-13(12)15(18)19/h2,5-6,10H,1,3-4,7-9H2,(H,18,19). The van der Waals surface area contributed by atoms with Crippen LogP contribution in [0.5, 0.6) is 0 Å². The van der Waals surface area contributed by atoms with Crippen LogP contribution in [0.15, 0.2) is 18.2 Å². The Morgan fingerprint density at radius 2 is 2.05 bits per heavy atom. The van der Waals surface area contributed by atoms with E-state index in [1.54, 1.807) is 12.1 Å². The number of fused-ring (bicyclic) bond motifs is 1. The van der Waals surface area contributed by atoms with E-state index in [4.69, 9.17) is 0 Å². The van der Waals surface area contributed by atoms with Crippen molar-refractivity contribution in [3.05, 3.63) is 34.9 Å². The molecule has 2 aliphatic rings. The SMILES string of the molecule is O=C(O)c1cccc2c1CCN(C(=O)C1CCC1)C2. The van der Waals surface area contributed by atoms with Gasteiger partial charge < -0.3 is 10.0 Å². The van der Waals surface area contributed by atoms with Gasteiger partial charge in [-0.1, -0.05) is 18.6 Å². The number of hydrogen-bond acceptors (Lipinski definition) is 2. The van der Waals surface area contributed by atoms with Gasteiger partial charge in [-0.15, -0.1) is 0 Å². The minimum absolute atomic E-state index is 0.212. The van der Waals surface area contributed by atoms with E-state index >= 15 is 0 Å². The fourth-order valence-corrected chi connectivity index (χ4v) is 2.91. The number of aromatic carboxylic acids is 1. The molecule has 4 nitrogen and oxygen atoms in total. The van der Waals surface area contributed by atoms with Gasteiger partial charge in [0.2, 0.25) is 5.91 Å². The summed E-state index contributed by atoms with van der Waals surface area (Å²) in [5.41, 5.74) is 2.26. The highest BCUT2D eigenvalue weighted by atomic mass is 16.4. The van der Waals surface area contributed by atoms with Crippen molar-refractivity contribution in [3.8, 4) is 0 Å². The second kappa shape index (κ2) is 4.68. The Kier molecular flexibility index (Phi) is 3.01. The molecule has 0 radical (unpaired) electrons. The molecule has 4 heteroatoms. The van der Waals surface area contributed by atoms with E-state index in [1.165, 1.54) is 0 Å². The van der Waals surface area contributed by atoms with E-state index in [1.807, 2.05) is 11.0 Å². The average molecular weight is 259 g/mol. The van der Waals surface area contributed by atoms with Crippen molar-refractivity contribution >= 4 is 11.9 Å². The molecule has 19 heavy (non-hydrogen) atoms. The first-order valence-electron chi connectivity index (χ1n) is 6.79. The smallest absolute Gasteiger partial charge is 0.335 e. The first kappa shape index (κ1) is 12.2. The number of hydrogen-bond donors (Lipinski definition) is 1. The Hall–Kier alpha value is -1.84. The maximum Gasteiger partial charge on any atom is 0.335 e. The lowest BCUT2D eigenvalue weighted by molar-refractivity contribution is -0.139. The summed E-state index contributed by atoms with van der Waals surface area (Å²) < 4.78 is 0. The van der Waals surface area contributed by atoms with Gasteiger partial charge in [0.15, 0.2) is 0 Å². The zero-order valence-electron chi connectivity index (χ0n) is 10.8. The lowest BCUT2D eigenvalue weighted by atomic mass is 9.83. The molecule has 3 rings (SSSR count). The molecule has 1 aliphatic heterocycles. The molecule has 1 saturated carbocycles. The van der Waals surface area contributed by atoms with Gasteiger partial charge in [-0.25, -0.2) is 4.79 Å². The Bertz CT molecular complexity index is 534. The van der Waals surface area contributed by atoms with Crippen LogP contribution >= 0.6 is 0 Å². The fraction of sp³-hybridized carbons (Fsp3) is 0.467. The van der Waals surface area contributed by atoms with Crippen molar-refractivity contribution in [1.82, 2.24) is 4.90 Å². The topological polar surface area (TPSA) is 57.6 Å². The minimum Gasteiger partial charge on any atom is -0.478 e. The van der Waals surface area contributed by atoms with Crippen LogP contribution in [0.2, 0.25) is 0 Å². The summed E-state index contributed by atoms with van der Waals surface area (Å²) in [5, 5.41) is 9.17. The Labute approximate surface area is 112 Å². The Morgan fingerprint density at radius 3 is 2.68 bits per heavy atom. The van der Waals surface area contributed by atoms with Crippen LogP contribution in [-0.4, -0.2) is 28.4 Å². The van der Waals surface area contributed by atoms with E-state index in [-0.39, 0.29) is 11.8 Å². The van der Waals surface area contributed by atoms with Crippen molar-refractivity contribution in [3.63, 3.8) is 0 Å². The van der Waals surface area contributed by atoms with Crippen LogP contribution < -0.4 is 0 Å². The molecule has 1 fully saturated rings. The minimum atomic E-state index is -0.879. The van der Waals surface area contributed by atoms with Crippen molar-refractivity contribution in [2.24, 2.45) is 5.92 Å². The number of nitrogens with zero attached hydrogens (tertiary/aromatic N) is 1. The highest BCUT2D eigenvalue weighted by Crippen LogP contribution is 2.31. The largest absolute Gasteiger partial charge is 0.478 e. The number of carbonyl (C=O) groups excluding carboxylic acids is 1. The molecule has 1 N–H and O–H groups in total. The number of carboxylic acid groups (broad SMARTS) is 1. The van der Waals surface area contributed by atoms with Crippen LogP contribution in [0.1, 0.15) is 40.7 Å². The number of benzene rings is 1. The normalized spacial score (nSPS) is 18.6. The summed E-state index contributed by atoms with van der Waals surface area (Å²) >= 11 is 0. The van der Waals surface area contributed by atoms with Crippen LogP contribution in [-0.2, 0) is 17.8 Å². The van der Waals surface area contributed by atoms with Gasteiger partial charge in [-0.3, -0.25) is 4.79 Å². The van der Waals surface area contributed by atoms with Gasteiger partial charge in [0.25, 0.3) is 0 Å². The van der Waals surface area contributed by atoms with Crippen LogP contribution in [0, 0.1) is 5.92 Å². The molecule has 0 spiro atoms. The van der Waals surface area contributed by atoms with Crippen LogP contribution in [0.25, 0.3) is 0 Å². The summed E-state index contributed by atoms with van der Waals surface area (Å²) in [6.07, 6.45) is 3.83. The van der Waals surface area contributed by atoms with E-state index in [9.17, 15) is 14.7 Å². The molecular formula is C15H17NO3. The van der Waals surface area contributed by atoms with Crippen molar-refractivity contribution < 1.29 is 14.7 Å². The first-order chi connectivity index (χ1) is 9.16. The monoisotopic (exact) mass is 259 g/mol. The maximum absolute atomic E-state index is 12.2. The Balaban J connectivity index is 1.82. The van der Waals surface area contributed by atoms with E-state index < -0.39 is 5.97 Å². The molecule has 1 amide bonds. The predicted molar refractivity (Wildman–Crippen MR) is 69.9 cm³/mol. The summed E-state index contributed by atoms with van der Waals surface area (Å²) in [6, 6.07) is 5.34. The molecule has 0 atom stereocenters. The molecule has 0 saturated heterocycles. The van der Waals surface area contributed by atoms with E-state index in [2.05, 4.69) is 0 Å². The molecule has 100 valence electrons. The number of carbonyl (C=O) groups is 2. The second-order valence-corrected chi connectivity index (χ2v) is 5.39. The van der Waals surface area contributed by atoms with Gasteiger partial charge in [0.1, 0.15) is 0 Å². The van der Waals surface area contributed by atoms with Gasteiger partial charge >= 0.3 is 5.97 Å². The third-order valence-corrected chi connectivity index (χ3v) is 4.26. The molecule has 1 aromatic rings. The number of amides is 1. The maximum atomic E-state index is 12.2. The second-order valence-electron chi connectivity index (χ2n) is 5.39. The predicted octanol–water partition coefficient (Wildman–Crippen LogP) is 2.07. The van der Waals surface area contributed by atoms with Gasteiger partial charge in [-0.2, -0.15) is 0 Å². The summed E-state index contributed by atoms with van der Waals surface area (Å²) in [6.45, 7) is 1.21. The van der Waals surface area contributed by atoms with Crippen LogP contribution in [0.3, 0.4) is 0 Å². The van der Waals surface area contributed by atoms with Gasteiger partial charge in [0.05, 0.1) is 5.56 Å². The lowest BCUT2D eigenvalue weighted by Crippen LogP contribution is -2.42. The van der Waals surface area contributed by atoms with Gasteiger partial charge in [-0.05, 0) is 36.5 Å². The zero-order valence-corrected chi connectivity index (χ0v) is 10.8. The van der Waals surface area contributed by atoms with Crippen LogP contribution in [0.4, 0.5) is 0 Å². The molecule has 1 heterocycles. The van der Waals surface area contributed by atoms with E-state index in [0.29, 0.717) is 25.1 Å². The quantitative estimate of drug-likeness (QED) is 0.884. The number of carboxylic acids is 1. The average Bonchev–Trinajstić information content (AvgIpc) is 2.35. The van der Waals surface area contributed by atoms with Gasteiger partial charge in [0, 0.05) is 19.0 Å². The summed E-state index contributed by atoms with van der Waals surface area (Å²) in [5.74, 6) is -0.419. The molecule has 0 bridgehead atoms. The Morgan fingerprint density at radius 1 is 1.26 bits per heavy atom. The van der Waals surface area contributed by atoms with Crippen molar-refractivity contribution in [2.45, 2.75) is 32.2 Å². The van der Waals surface area contributed by atoms with Crippen molar-refractivity contribution in [1.29, 1.82) is 0 Å². The third-order valence-electron chi connectivity index (χ3n) is 4.26. The first-order valence-corrected chi connectivity index (χ1v) is 6.79.